The average Bonchev–Trinajstić information content (AvgIpc) is 2.74. The van der Waals surface area contributed by atoms with Gasteiger partial charge >= 0.3 is 0 Å². The van der Waals surface area contributed by atoms with Crippen LogP contribution in [0, 0.1) is 13.8 Å². The van der Waals surface area contributed by atoms with Crippen LogP contribution in [-0.2, 0) is 7.05 Å². The lowest BCUT2D eigenvalue weighted by Gasteiger charge is -2.05. The molecule has 0 fully saturated rings. The van der Waals surface area contributed by atoms with E-state index in [1.165, 1.54) is 0 Å². The summed E-state index contributed by atoms with van der Waals surface area (Å²) in [6, 6.07) is 3.43. The van der Waals surface area contributed by atoms with Crippen LogP contribution < -0.4 is 5.32 Å². The third kappa shape index (κ3) is 2.45. The number of pyridine rings is 1. The van der Waals surface area contributed by atoms with Gasteiger partial charge in [0.05, 0.1) is 17.6 Å². The summed E-state index contributed by atoms with van der Waals surface area (Å²) in [5.41, 5.74) is 2.59. The summed E-state index contributed by atoms with van der Waals surface area (Å²) in [5.74, 6) is 0.266. The van der Waals surface area contributed by atoms with Gasteiger partial charge in [-0.05, 0) is 26.0 Å². The summed E-state index contributed by atoms with van der Waals surface area (Å²) < 4.78 is 1.71. The molecule has 0 saturated carbocycles. The molecule has 0 unspecified atom stereocenters. The average molecular weight is 282 g/mol. The van der Waals surface area contributed by atoms with Crippen LogP contribution >= 0.6 is 0 Å². The molecule has 0 saturated heterocycles. The maximum absolute atomic E-state index is 12.1. The Hall–Kier alpha value is -2.83. The van der Waals surface area contributed by atoms with Crippen molar-refractivity contribution in [2.24, 2.45) is 7.05 Å². The zero-order valence-corrected chi connectivity index (χ0v) is 12.0. The van der Waals surface area contributed by atoms with Crippen LogP contribution in [0.3, 0.4) is 0 Å². The Balaban J connectivity index is 1.91. The molecule has 0 bridgehead atoms. The monoisotopic (exact) mass is 282 g/mol. The lowest BCUT2D eigenvalue weighted by Crippen LogP contribution is -2.14. The van der Waals surface area contributed by atoms with Crippen molar-refractivity contribution >= 4 is 22.6 Å². The molecule has 0 aromatic carbocycles. The van der Waals surface area contributed by atoms with Crippen molar-refractivity contribution in [2.75, 3.05) is 5.32 Å². The summed E-state index contributed by atoms with van der Waals surface area (Å²) in [6.07, 6.45) is 3.17. The van der Waals surface area contributed by atoms with Crippen molar-refractivity contribution in [1.29, 1.82) is 0 Å². The van der Waals surface area contributed by atoms with Crippen LogP contribution in [0.5, 0.6) is 0 Å². The molecule has 106 valence electrons. The molecule has 7 heteroatoms. The van der Waals surface area contributed by atoms with Gasteiger partial charge in [-0.25, -0.2) is 15.0 Å². The minimum absolute atomic E-state index is 0.289. The smallest absolute Gasteiger partial charge is 0.274 e. The van der Waals surface area contributed by atoms with E-state index in [0.717, 1.165) is 16.7 Å². The van der Waals surface area contributed by atoms with E-state index in [1.54, 1.807) is 30.1 Å². The minimum Gasteiger partial charge on any atom is -0.319 e. The van der Waals surface area contributed by atoms with Gasteiger partial charge in [0.2, 0.25) is 0 Å². The van der Waals surface area contributed by atoms with Gasteiger partial charge in [-0.3, -0.25) is 9.48 Å². The molecule has 0 radical (unpaired) electrons. The molecule has 1 N–H and O–H groups in total. The zero-order chi connectivity index (χ0) is 15.0. The molecule has 3 aromatic rings. The Morgan fingerprint density at radius 2 is 2.10 bits per heavy atom. The van der Waals surface area contributed by atoms with Gasteiger partial charge in [0.1, 0.15) is 11.5 Å². The van der Waals surface area contributed by atoms with Crippen LogP contribution in [0.2, 0.25) is 0 Å². The number of nitrogens with zero attached hydrogens (tertiary/aromatic N) is 5. The maximum atomic E-state index is 12.1. The number of amides is 1. The van der Waals surface area contributed by atoms with E-state index >= 15 is 0 Å². The molecule has 0 spiro atoms. The summed E-state index contributed by atoms with van der Waals surface area (Å²) in [7, 11) is 1.84. The molecule has 0 aliphatic carbocycles. The van der Waals surface area contributed by atoms with Crippen LogP contribution in [0.15, 0.2) is 24.5 Å². The number of aromatic nitrogens is 5. The SMILES string of the molecule is Cc1nccc(C(=O)Nc2cnc3c(c2)c(C)nn3C)n1. The number of rotatable bonds is 2. The number of aryl methyl sites for hydroxylation is 3. The predicted octanol–water partition coefficient (Wildman–Crippen LogP) is 1.63. The third-order valence-corrected chi connectivity index (χ3v) is 3.13. The summed E-state index contributed by atoms with van der Waals surface area (Å²) in [6.45, 7) is 3.65. The van der Waals surface area contributed by atoms with Gasteiger partial charge in [-0.2, -0.15) is 5.10 Å². The molecule has 3 heterocycles. The Kier molecular flexibility index (Phi) is 3.09. The van der Waals surface area contributed by atoms with E-state index in [9.17, 15) is 4.79 Å². The molecule has 1 amide bonds. The molecular weight excluding hydrogens is 268 g/mol. The normalized spacial score (nSPS) is 10.8. The van der Waals surface area contributed by atoms with Crippen molar-refractivity contribution in [3.63, 3.8) is 0 Å². The van der Waals surface area contributed by atoms with Crippen LogP contribution in [0.1, 0.15) is 22.0 Å². The van der Waals surface area contributed by atoms with E-state index in [-0.39, 0.29) is 5.91 Å². The largest absolute Gasteiger partial charge is 0.319 e. The van der Waals surface area contributed by atoms with E-state index in [2.05, 4.69) is 25.4 Å². The van der Waals surface area contributed by atoms with E-state index in [0.29, 0.717) is 17.2 Å². The number of fused-ring (bicyclic) bond motifs is 1. The standard InChI is InChI=1S/C14H14N6O/c1-8-11-6-10(7-16-13(11)20(3)19-8)18-14(21)12-4-5-15-9(2)17-12/h4-7H,1-3H3,(H,18,21). The van der Waals surface area contributed by atoms with Gasteiger partial charge in [-0.1, -0.05) is 0 Å². The van der Waals surface area contributed by atoms with E-state index in [1.807, 2.05) is 20.0 Å². The maximum Gasteiger partial charge on any atom is 0.274 e. The molecule has 21 heavy (non-hydrogen) atoms. The lowest BCUT2D eigenvalue weighted by atomic mass is 10.2. The highest BCUT2D eigenvalue weighted by Gasteiger charge is 2.11. The summed E-state index contributed by atoms with van der Waals surface area (Å²) >= 11 is 0. The number of carbonyl (C=O) groups is 1. The Bertz CT molecular complexity index is 839. The first-order valence-corrected chi connectivity index (χ1v) is 6.45. The predicted molar refractivity (Wildman–Crippen MR) is 78.0 cm³/mol. The number of nitrogens with one attached hydrogen (secondary N) is 1. The zero-order valence-electron chi connectivity index (χ0n) is 12.0. The van der Waals surface area contributed by atoms with Crippen molar-refractivity contribution in [3.05, 3.63) is 41.7 Å². The lowest BCUT2D eigenvalue weighted by molar-refractivity contribution is 0.102. The first kappa shape index (κ1) is 13.2. The fraction of sp³-hybridized carbons (Fsp3) is 0.214. The van der Waals surface area contributed by atoms with E-state index in [4.69, 9.17) is 0 Å². The number of anilines is 1. The number of hydrogen-bond donors (Lipinski definition) is 1. The topological polar surface area (TPSA) is 85.6 Å². The second kappa shape index (κ2) is 4.93. The second-order valence-electron chi connectivity index (χ2n) is 4.75. The molecule has 7 nitrogen and oxygen atoms in total. The first-order chi connectivity index (χ1) is 10.0. The molecule has 0 aliphatic heterocycles. The number of carbonyl (C=O) groups excluding carboxylic acids is 1. The fourth-order valence-corrected chi connectivity index (χ4v) is 2.15. The Morgan fingerprint density at radius 3 is 2.86 bits per heavy atom. The second-order valence-corrected chi connectivity index (χ2v) is 4.75. The van der Waals surface area contributed by atoms with Crippen molar-refractivity contribution in [2.45, 2.75) is 13.8 Å². The summed E-state index contributed by atoms with van der Waals surface area (Å²) in [5, 5.41) is 8.00. The molecule has 0 atom stereocenters. The van der Waals surface area contributed by atoms with Crippen molar-refractivity contribution in [3.8, 4) is 0 Å². The molecular formula is C14H14N6O. The van der Waals surface area contributed by atoms with Gasteiger partial charge in [-0.15, -0.1) is 0 Å². The van der Waals surface area contributed by atoms with Crippen molar-refractivity contribution in [1.82, 2.24) is 24.7 Å². The van der Waals surface area contributed by atoms with Gasteiger partial charge in [0.25, 0.3) is 5.91 Å². The molecule has 3 rings (SSSR count). The fourth-order valence-electron chi connectivity index (χ4n) is 2.15. The van der Waals surface area contributed by atoms with Gasteiger partial charge in [0, 0.05) is 18.6 Å². The quantitative estimate of drug-likeness (QED) is 0.772. The van der Waals surface area contributed by atoms with E-state index < -0.39 is 0 Å². The highest BCUT2D eigenvalue weighted by Crippen LogP contribution is 2.19. The highest BCUT2D eigenvalue weighted by molar-refractivity contribution is 6.03. The first-order valence-electron chi connectivity index (χ1n) is 6.45. The summed E-state index contributed by atoms with van der Waals surface area (Å²) in [4.78, 5) is 24.5. The molecule has 0 aliphatic rings. The van der Waals surface area contributed by atoms with Crippen LogP contribution in [0.25, 0.3) is 11.0 Å². The van der Waals surface area contributed by atoms with Gasteiger partial charge in [0.15, 0.2) is 5.65 Å². The third-order valence-electron chi connectivity index (χ3n) is 3.13. The van der Waals surface area contributed by atoms with Crippen molar-refractivity contribution < 1.29 is 4.79 Å². The van der Waals surface area contributed by atoms with Crippen LogP contribution in [-0.4, -0.2) is 30.6 Å². The molecule has 3 aromatic heterocycles. The number of hydrogen-bond acceptors (Lipinski definition) is 5. The Morgan fingerprint density at radius 1 is 1.29 bits per heavy atom. The highest BCUT2D eigenvalue weighted by atomic mass is 16.1. The Labute approximate surface area is 121 Å². The minimum atomic E-state index is -0.289. The van der Waals surface area contributed by atoms with Crippen LogP contribution in [0.4, 0.5) is 5.69 Å². The van der Waals surface area contributed by atoms with Gasteiger partial charge < -0.3 is 5.32 Å².